The van der Waals surface area contributed by atoms with Crippen LogP contribution in [-0.4, -0.2) is 10.1 Å². The fourth-order valence-electron chi connectivity index (χ4n) is 2.21. The van der Waals surface area contributed by atoms with Gasteiger partial charge in [-0.05, 0) is 18.6 Å². The zero-order chi connectivity index (χ0) is 15.7. The van der Waals surface area contributed by atoms with Crippen LogP contribution in [0.3, 0.4) is 0 Å². The van der Waals surface area contributed by atoms with E-state index in [0.29, 0.717) is 12.1 Å². The predicted octanol–water partition coefficient (Wildman–Crippen LogP) is 5.27. The van der Waals surface area contributed by atoms with Gasteiger partial charge in [0.1, 0.15) is 0 Å². The summed E-state index contributed by atoms with van der Waals surface area (Å²) < 4.78 is 37.2. The molecule has 1 unspecified atom stereocenters. The molecule has 0 saturated carbocycles. The Morgan fingerprint density at radius 3 is 2.19 bits per heavy atom. The number of nitrogens with zero attached hydrogens (tertiary/aromatic N) is 1. The predicted molar refractivity (Wildman–Crippen MR) is 76.8 cm³/mol. The molecule has 0 aromatic carbocycles. The summed E-state index contributed by atoms with van der Waals surface area (Å²) >= 11 is 0. The number of rotatable bonds is 9. The van der Waals surface area contributed by atoms with Crippen molar-refractivity contribution in [2.75, 3.05) is 0 Å². The molecule has 21 heavy (non-hydrogen) atoms. The molecule has 0 fully saturated rings. The molecule has 0 radical (unpaired) electrons. The third-order valence-electron chi connectivity index (χ3n) is 3.54. The number of aromatic nitrogens is 1. The quantitative estimate of drug-likeness (QED) is 0.630. The molecule has 0 aliphatic rings. The van der Waals surface area contributed by atoms with E-state index in [1.54, 1.807) is 0 Å². The van der Waals surface area contributed by atoms with Crippen molar-refractivity contribution >= 4 is 0 Å². The van der Waals surface area contributed by atoms with Gasteiger partial charge in [0.2, 0.25) is 0 Å². The summed E-state index contributed by atoms with van der Waals surface area (Å²) in [4.78, 5) is 3.71. The maximum atomic E-state index is 12.4. The second kappa shape index (κ2) is 9.03. The average Bonchev–Trinajstić information content (AvgIpc) is 2.45. The number of hydrogen-bond acceptors (Lipinski definition) is 2. The van der Waals surface area contributed by atoms with Crippen LogP contribution in [0.4, 0.5) is 13.2 Å². The molecule has 0 bridgehead atoms. The van der Waals surface area contributed by atoms with E-state index >= 15 is 0 Å². The van der Waals surface area contributed by atoms with E-state index < -0.39 is 17.8 Å². The number of halogens is 3. The smallest absolute Gasteiger partial charge is 0.387 e. The maximum absolute atomic E-state index is 12.4. The van der Waals surface area contributed by atoms with Crippen LogP contribution in [0.2, 0.25) is 0 Å². The van der Waals surface area contributed by atoms with Gasteiger partial charge in [-0.3, -0.25) is 4.98 Å². The van der Waals surface area contributed by atoms with Crippen molar-refractivity contribution in [3.05, 3.63) is 29.6 Å². The molecule has 1 N–H and O–H groups in total. The highest BCUT2D eigenvalue weighted by Gasteiger charge is 2.30. The number of hydrogen-bond donors (Lipinski definition) is 1. The summed E-state index contributed by atoms with van der Waals surface area (Å²) in [5.41, 5.74) is -0.469. The molecule has 0 amide bonds. The van der Waals surface area contributed by atoms with Crippen LogP contribution in [0.15, 0.2) is 18.3 Å². The summed E-state index contributed by atoms with van der Waals surface area (Å²) in [6.45, 7) is 2.17. The molecule has 5 heteroatoms. The van der Waals surface area contributed by atoms with Crippen LogP contribution in [0, 0.1) is 0 Å². The van der Waals surface area contributed by atoms with Crippen LogP contribution in [0.5, 0.6) is 0 Å². The molecule has 1 aromatic rings. The summed E-state index contributed by atoms with van der Waals surface area (Å²) in [6, 6.07) is 2.23. The van der Waals surface area contributed by atoms with Crippen LogP contribution in [0.25, 0.3) is 0 Å². The largest absolute Gasteiger partial charge is 0.417 e. The number of aliphatic hydroxyl groups excluding tert-OH is 1. The van der Waals surface area contributed by atoms with E-state index in [0.717, 1.165) is 31.5 Å². The first-order valence-corrected chi connectivity index (χ1v) is 7.66. The molecule has 1 aromatic heterocycles. The van der Waals surface area contributed by atoms with Gasteiger partial charge >= 0.3 is 6.18 Å². The summed E-state index contributed by atoms with van der Waals surface area (Å²) in [7, 11) is 0. The first-order valence-electron chi connectivity index (χ1n) is 7.66. The fraction of sp³-hybridized carbons (Fsp3) is 0.688. The highest BCUT2D eigenvalue weighted by molar-refractivity contribution is 5.18. The van der Waals surface area contributed by atoms with Gasteiger partial charge in [-0.2, -0.15) is 13.2 Å². The first-order chi connectivity index (χ1) is 9.95. The van der Waals surface area contributed by atoms with Gasteiger partial charge in [0.25, 0.3) is 0 Å². The zero-order valence-electron chi connectivity index (χ0n) is 12.5. The molecule has 1 rings (SSSR count). The van der Waals surface area contributed by atoms with Crippen LogP contribution >= 0.6 is 0 Å². The average molecular weight is 303 g/mol. The Kier molecular flexibility index (Phi) is 7.72. The lowest BCUT2D eigenvalue weighted by Crippen LogP contribution is -2.07. The second-order valence-electron chi connectivity index (χ2n) is 5.40. The lowest BCUT2D eigenvalue weighted by Gasteiger charge is -2.11. The molecule has 0 saturated heterocycles. The number of unbranched alkanes of at least 4 members (excludes halogenated alkanes) is 6. The highest BCUT2D eigenvalue weighted by atomic mass is 19.4. The molecule has 0 aliphatic heterocycles. The van der Waals surface area contributed by atoms with Gasteiger partial charge < -0.3 is 5.11 Å². The monoisotopic (exact) mass is 303 g/mol. The molecule has 1 heterocycles. The number of aliphatic hydroxyl groups is 1. The minimum absolute atomic E-state index is 0.314. The van der Waals surface area contributed by atoms with Crippen LogP contribution < -0.4 is 0 Å². The standard InChI is InChI=1S/C16H24F3NO/c1-2-3-4-5-6-7-8-9-15(21)14-11-10-13(12-20-14)16(17,18)19/h10-12,15,21H,2-9H2,1H3. The van der Waals surface area contributed by atoms with Crippen molar-refractivity contribution in [2.45, 2.75) is 70.6 Å². The second-order valence-corrected chi connectivity index (χ2v) is 5.40. The molecule has 0 spiro atoms. The van der Waals surface area contributed by atoms with Crippen molar-refractivity contribution in [1.82, 2.24) is 4.98 Å². The van der Waals surface area contributed by atoms with E-state index in [1.807, 2.05) is 0 Å². The van der Waals surface area contributed by atoms with E-state index in [2.05, 4.69) is 11.9 Å². The van der Waals surface area contributed by atoms with Crippen molar-refractivity contribution in [1.29, 1.82) is 0 Å². The van der Waals surface area contributed by atoms with Gasteiger partial charge in [-0.1, -0.05) is 51.9 Å². The maximum Gasteiger partial charge on any atom is 0.417 e. The normalized spacial score (nSPS) is 13.4. The molecule has 2 nitrogen and oxygen atoms in total. The lowest BCUT2D eigenvalue weighted by atomic mass is 10.0. The molecule has 120 valence electrons. The van der Waals surface area contributed by atoms with E-state index in [-0.39, 0.29) is 0 Å². The van der Waals surface area contributed by atoms with Gasteiger partial charge in [0.15, 0.2) is 0 Å². The summed E-state index contributed by atoms with van der Waals surface area (Å²) in [5, 5.41) is 9.91. The Bertz CT molecular complexity index is 390. The minimum Gasteiger partial charge on any atom is -0.387 e. The Morgan fingerprint density at radius 1 is 1.05 bits per heavy atom. The highest BCUT2D eigenvalue weighted by Crippen LogP contribution is 2.29. The van der Waals surface area contributed by atoms with Gasteiger partial charge in [0, 0.05) is 6.20 Å². The third kappa shape index (κ3) is 6.93. The fourth-order valence-corrected chi connectivity index (χ4v) is 2.21. The Morgan fingerprint density at radius 2 is 1.67 bits per heavy atom. The van der Waals surface area contributed by atoms with Crippen molar-refractivity contribution < 1.29 is 18.3 Å². The third-order valence-corrected chi connectivity index (χ3v) is 3.54. The van der Waals surface area contributed by atoms with Crippen molar-refractivity contribution in [2.24, 2.45) is 0 Å². The Balaban J connectivity index is 2.27. The minimum atomic E-state index is -4.38. The van der Waals surface area contributed by atoms with Crippen molar-refractivity contribution in [3.63, 3.8) is 0 Å². The van der Waals surface area contributed by atoms with Crippen LogP contribution in [0.1, 0.15) is 75.7 Å². The lowest BCUT2D eigenvalue weighted by molar-refractivity contribution is -0.137. The zero-order valence-corrected chi connectivity index (χ0v) is 12.5. The molecule has 0 aliphatic carbocycles. The summed E-state index contributed by atoms with van der Waals surface area (Å²) in [5.74, 6) is 0. The van der Waals surface area contributed by atoms with Gasteiger partial charge in [-0.15, -0.1) is 0 Å². The number of alkyl halides is 3. The van der Waals surface area contributed by atoms with Crippen molar-refractivity contribution in [3.8, 4) is 0 Å². The van der Waals surface area contributed by atoms with Gasteiger partial charge in [0.05, 0.1) is 17.4 Å². The topological polar surface area (TPSA) is 33.1 Å². The molecule has 1 atom stereocenters. The van der Waals surface area contributed by atoms with Gasteiger partial charge in [-0.25, -0.2) is 0 Å². The van der Waals surface area contributed by atoms with E-state index in [9.17, 15) is 18.3 Å². The van der Waals surface area contributed by atoms with E-state index in [4.69, 9.17) is 0 Å². The SMILES string of the molecule is CCCCCCCCCC(O)c1ccc(C(F)(F)F)cn1. The Hall–Kier alpha value is -1.10. The Labute approximate surface area is 124 Å². The molecular weight excluding hydrogens is 279 g/mol. The number of pyridine rings is 1. The van der Waals surface area contributed by atoms with E-state index in [1.165, 1.54) is 31.7 Å². The summed E-state index contributed by atoms with van der Waals surface area (Å²) in [6.07, 6.45) is 4.18. The first kappa shape index (κ1) is 18.0. The molecular formula is C16H24F3NO. The van der Waals surface area contributed by atoms with Crippen LogP contribution in [-0.2, 0) is 6.18 Å².